The normalized spacial score (nSPS) is 20.8. The lowest BCUT2D eigenvalue weighted by molar-refractivity contribution is 0.0557. The van der Waals surface area contributed by atoms with Crippen LogP contribution in [0.4, 0.5) is 0 Å². The average molecular weight is 257 g/mol. The summed E-state index contributed by atoms with van der Waals surface area (Å²) in [6, 6.07) is 1.81. The molecule has 0 radical (unpaired) electrons. The minimum atomic E-state index is 0.514. The molecule has 1 N–H and O–H groups in total. The number of hydrogen-bond acceptors (Lipinski definition) is 4. The van der Waals surface area contributed by atoms with E-state index in [4.69, 9.17) is 4.74 Å². The van der Waals surface area contributed by atoms with Crippen molar-refractivity contribution in [3.63, 3.8) is 0 Å². The van der Waals surface area contributed by atoms with Crippen molar-refractivity contribution in [1.82, 2.24) is 15.1 Å². The van der Waals surface area contributed by atoms with Gasteiger partial charge in [-0.15, -0.1) is 0 Å². The minimum Gasteiger partial charge on any atom is -0.383 e. The standard InChI is InChI=1S/C14H31N3O/c1-12(2)15-10-14(11-18-5)17-8-6-13(7-9-17)16(3)4/h12-15H,6-11H2,1-5H3. The van der Waals surface area contributed by atoms with Gasteiger partial charge < -0.3 is 15.0 Å². The third kappa shape index (κ3) is 5.22. The molecule has 0 spiro atoms. The quantitative estimate of drug-likeness (QED) is 0.737. The molecular formula is C14H31N3O. The van der Waals surface area contributed by atoms with Crippen LogP contribution in [-0.2, 0) is 4.74 Å². The summed E-state index contributed by atoms with van der Waals surface area (Å²) in [4.78, 5) is 4.94. The molecule has 0 saturated carbocycles. The van der Waals surface area contributed by atoms with Crippen molar-refractivity contribution in [2.24, 2.45) is 0 Å². The third-order valence-electron chi connectivity index (χ3n) is 3.87. The molecule has 1 aliphatic heterocycles. The predicted molar refractivity (Wildman–Crippen MR) is 77.1 cm³/mol. The molecule has 0 aromatic heterocycles. The van der Waals surface area contributed by atoms with Crippen molar-refractivity contribution in [3.8, 4) is 0 Å². The zero-order valence-corrected chi connectivity index (χ0v) is 12.8. The maximum absolute atomic E-state index is 5.37. The molecule has 0 bridgehead atoms. The van der Waals surface area contributed by atoms with Crippen LogP contribution in [0.15, 0.2) is 0 Å². The van der Waals surface area contributed by atoms with E-state index < -0.39 is 0 Å². The van der Waals surface area contributed by atoms with Gasteiger partial charge in [-0.05, 0) is 26.9 Å². The van der Waals surface area contributed by atoms with Crippen molar-refractivity contribution in [1.29, 1.82) is 0 Å². The van der Waals surface area contributed by atoms with Gasteiger partial charge in [0.1, 0.15) is 0 Å². The number of rotatable bonds is 7. The second-order valence-corrected chi connectivity index (χ2v) is 5.90. The summed E-state index contributed by atoms with van der Waals surface area (Å²) in [7, 11) is 6.18. The van der Waals surface area contributed by atoms with Crippen molar-refractivity contribution in [2.75, 3.05) is 47.4 Å². The van der Waals surface area contributed by atoms with Crippen LogP contribution in [-0.4, -0.2) is 75.4 Å². The molecule has 0 aliphatic carbocycles. The number of hydrogen-bond donors (Lipinski definition) is 1. The van der Waals surface area contributed by atoms with Gasteiger partial charge in [0.05, 0.1) is 6.61 Å². The number of nitrogens with one attached hydrogen (secondary N) is 1. The van der Waals surface area contributed by atoms with Crippen LogP contribution >= 0.6 is 0 Å². The fraction of sp³-hybridized carbons (Fsp3) is 1.00. The van der Waals surface area contributed by atoms with Gasteiger partial charge >= 0.3 is 0 Å². The van der Waals surface area contributed by atoms with Gasteiger partial charge in [0.2, 0.25) is 0 Å². The summed E-state index contributed by atoms with van der Waals surface area (Å²) >= 11 is 0. The van der Waals surface area contributed by atoms with E-state index in [1.165, 1.54) is 25.9 Å². The Balaban J connectivity index is 2.39. The fourth-order valence-electron chi connectivity index (χ4n) is 2.62. The van der Waals surface area contributed by atoms with Gasteiger partial charge in [0, 0.05) is 44.9 Å². The van der Waals surface area contributed by atoms with Gasteiger partial charge in [-0.1, -0.05) is 13.8 Å². The second kappa shape index (κ2) is 8.10. The van der Waals surface area contributed by atoms with E-state index in [9.17, 15) is 0 Å². The van der Waals surface area contributed by atoms with E-state index in [0.29, 0.717) is 12.1 Å². The molecule has 0 aromatic carbocycles. The molecule has 108 valence electrons. The molecule has 0 amide bonds. The Morgan fingerprint density at radius 2 is 1.89 bits per heavy atom. The zero-order valence-electron chi connectivity index (χ0n) is 12.8. The van der Waals surface area contributed by atoms with Crippen LogP contribution in [0.1, 0.15) is 26.7 Å². The maximum atomic E-state index is 5.37. The van der Waals surface area contributed by atoms with E-state index in [-0.39, 0.29) is 0 Å². The molecular weight excluding hydrogens is 226 g/mol. The van der Waals surface area contributed by atoms with E-state index in [1.807, 2.05) is 0 Å². The van der Waals surface area contributed by atoms with E-state index in [0.717, 1.165) is 19.2 Å². The lowest BCUT2D eigenvalue weighted by Gasteiger charge is -2.39. The summed E-state index contributed by atoms with van der Waals surface area (Å²) in [5, 5.41) is 3.53. The zero-order chi connectivity index (χ0) is 13.5. The first-order chi connectivity index (χ1) is 8.54. The molecule has 1 heterocycles. The molecule has 1 aliphatic rings. The van der Waals surface area contributed by atoms with Crippen molar-refractivity contribution in [3.05, 3.63) is 0 Å². The number of likely N-dealkylation sites (tertiary alicyclic amines) is 1. The SMILES string of the molecule is COCC(CNC(C)C)N1CCC(N(C)C)CC1. The Hall–Kier alpha value is -0.160. The third-order valence-corrected chi connectivity index (χ3v) is 3.87. The van der Waals surface area contributed by atoms with E-state index in [1.54, 1.807) is 7.11 Å². The molecule has 4 heteroatoms. The van der Waals surface area contributed by atoms with E-state index >= 15 is 0 Å². The summed E-state index contributed by atoms with van der Waals surface area (Å²) in [6.07, 6.45) is 2.55. The van der Waals surface area contributed by atoms with Crippen molar-refractivity contribution < 1.29 is 4.74 Å². The highest BCUT2D eigenvalue weighted by Gasteiger charge is 2.25. The summed E-state index contributed by atoms with van der Waals surface area (Å²) in [5.74, 6) is 0. The highest BCUT2D eigenvalue weighted by Crippen LogP contribution is 2.16. The minimum absolute atomic E-state index is 0.514. The van der Waals surface area contributed by atoms with Gasteiger partial charge in [-0.2, -0.15) is 0 Å². The van der Waals surface area contributed by atoms with Crippen LogP contribution in [0.5, 0.6) is 0 Å². The first-order valence-corrected chi connectivity index (χ1v) is 7.17. The van der Waals surface area contributed by atoms with Crippen molar-refractivity contribution >= 4 is 0 Å². The lowest BCUT2D eigenvalue weighted by atomic mass is 10.0. The fourth-order valence-corrected chi connectivity index (χ4v) is 2.62. The van der Waals surface area contributed by atoms with Gasteiger partial charge in [0.15, 0.2) is 0 Å². The molecule has 1 fully saturated rings. The van der Waals surface area contributed by atoms with Gasteiger partial charge in [0.25, 0.3) is 0 Å². The Bertz CT molecular complexity index is 213. The highest BCUT2D eigenvalue weighted by atomic mass is 16.5. The average Bonchev–Trinajstić information content (AvgIpc) is 2.34. The second-order valence-electron chi connectivity index (χ2n) is 5.90. The number of methoxy groups -OCH3 is 1. The smallest absolute Gasteiger partial charge is 0.0630 e. The van der Waals surface area contributed by atoms with Crippen LogP contribution in [0.3, 0.4) is 0 Å². The first-order valence-electron chi connectivity index (χ1n) is 7.17. The molecule has 1 atom stereocenters. The van der Waals surface area contributed by atoms with Crippen LogP contribution in [0.2, 0.25) is 0 Å². The Morgan fingerprint density at radius 3 is 2.33 bits per heavy atom. The first kappa shape index (κ1) is 15.9. The Labute approximate surface area is 113 Å². The molecule has 0 aromatic rings. The van der Waals surface area contributed by atoms with Crippen LogP contribution in [0, 0.1) is 0 Å². The van der Waals surface area contributed by atoms with Gasteiger partial charge in [-0.3, -0.25) is 4.90 Å². The molecule has 1 unspecified atom stereocenters. The molecule has 1 rings (SSSR count). The number of ether oxygens (including phenoxy) is 1. The van der Waals surface area contributed by atoms with E-state index in [2.05, 4.69) is 43.1 Å². The van der Waals surface area contributed by atoms with Crippen LogP contribution in [0.25, 0.3) is 0 Å². The number of piperidine rings is 1. The molecule has 18 heavy (non-hydrogen) atoms. The number of nitrogens with zero attached hydrogens (tertiary/aromatic N) is 2. The lowest BCUT2D eigenvalue weighted by Crippen LogP contribution is -2.51. The van der Waals surface area contributed by atoms with Crippen LogP contribution < -0.4 is 5.32 Å². The highest BCUT2D eigenvalue weighted by molar-refractivity contribution is 4.82. The summed E-state index contributed by atoms with van der Waals surface area (Å²) < 4.78 is 5.37. The summed E-state index contributed by atoms with van der Waals surface area (Å²) in [5.41, 5.74) is 0. The Kier molecular flexibility index (Phi) is 7.15. The summed E-state index contributed by atoms with van der Waals surface area (Å²) in [6.45, 7) is 8.63. The molecule has 4 nitrogen and oxygen atoms in total. The van der Waals surface area contributed by atoms with Gasteiger partial charge in [-0.25, -0.2) is 0 Å². The maximum Gasteiger partial charge on any atom is 0.0630 e. The largest absolute Gasteiger partial charge is 0.383 e. The predicted octanol–water partition coefficient (Wildman–Crippen LogP) is 1.03. The monoisotopic (exact) mass is 257 g/mol. The Morgan fingerprint density at radius 1 is 1.28 bits per heavy atom. The topological polar surface area (TPSA) is 27.7 Å². The van der Waals surface area contributed by atoms with Crippen molar-refractivity contribution in [2.45, 2.75) is 44.8 Å². The molecule has 1 saturated heterocycles.